The number of rotatable bonds is 3. The zero-order valence-corrected chi connectivity index (χ0v) is 11.8. The van der Waals surface area contributed by atoms with Gasteiger partial charge >= 0.3 is 0 Å². The normalized spacial score (nSPS) is 17.9. The molecule has 1 unspecified atom stereocenters. The minimum Gasteiger partial charge on any atom is -0.593 e. The van der Waals surface area contributed by atoms with Gasteiger partial charge in [0.05, 0.1) is 22.1 Å². The summed E-state index contributed by atoms with van der Waals surface area (Å²) in [4.78, 5) is 0. The summed E-state index contributed by atoms with van der Waals surface area (Å²) in [7, 11) is 0. The SMILES string of the molecule is N#CB1CCC([S+]([O-])Nc2ccc(F)c(Cl)c2)CC1. The Hall–Kier alpha value is -0.895. The molecule has 0 amide bonds. The molecule has 0 saturated carbocycles. The molecule has 1 aromatic carbocycles. The number of anilines is 1. The summed E-state index contributed by atoms with van der Waals surface area (Å²) >= 11 is 4.44. The number of benzene rings is 1. The molecule has 7 heteroatoms. The van der Waals surface area contributed by atoms with E-state index in [1.165, 1.54) is 18.2 Å². The topological polar surface area (TPSA) is 58.9 Å². The van der Waals surface area contributed by atoms with Crippen LogP contribution in [-0.4, -0.2) is 16.5 Å². The Morgan fingerprint density at radius 1 is 1.47 bits per heavy atom. The van der Waals surface area contributed by atoms with Crippen molar-refractivity contribution in [3.05, 3.63) is 29.0 Å². The van der Waals surface area contributed by atoms with Crippen molar-refractivity contribution in [2.45, 2.75) is 30.7 Å². The predicted molar refractivity (Wildman–Crippen MR) is 77.2 cm³/mol. The molecule has 3 nitrogen and oxygen atoms in total. The lowest BCUT2D eigenvalue weighted by atomic mass is 9.43. The Balaban J connectivity index is 1.92. The molecule has 1 aliphatic heterocycles. The highest BCUT2D eigenvalue weighted by molar-refractivity contribution is 7.93. The molecule has 0 spiro atoms. The average Bonchev–Trinajstić information content (AvgIpc) is 2.43. The number of nitrogens with zero attached hydrogens (tertiary/aromatic N) is 1. The molecule has 1 heterocycles. The molecule has 1 aliphatic rings. The first-order valence-electron chi connectivity index (χ1n) is 6.12. The maximum absolute atomic E-state index is 13.0. The van der Waals surface area contributed by atoms with Gasteiger partial charge in [-0.15, -0.1) is 0 Å². The fourth-order valence-electron chi connectivity index (χ4n) is 2.17. The fourth-order valence-corrected chi connectivity index (χ4v) is 3.57. The van der Waals surface area contributed by atoms with Crippen molar-refractivity contribution in [1.29, 1.82) is 5.26 Å². The number of halogens is 2. The van der Waals surface area contributed by atoms with Gasteiger partial charge in [0.1, 0.15) is 11.1 Å². The summed E-state index contributed by atoms with van der Waals surface area (Å²) in [6.07, 6.45) is 3.12. The van der Waals surface area contributed by atoms with Crippen LogP contribution in [-0.2, 0) is 11.4 Å². The predicted octanol–water partition coefficient (Wildman–Crippen LogP) is 3.27. The second-order valence-electron chi connectivity index (χ2n) is 4.63. The van der Waals surface area contributed by atoms with Crippen LogP contribution >= 0.6 is 11.6 Å². The third kappa shape index (κ3) is 3.79. The maximum Gasteiger partial charge on any atom is 0.268 e. The van der Waals surface area contributed by atoms with Crippen molar-refractivity contribution in [2.75, 3.05) is 4.72 Å². The Bertz CT molecular complexity index is 491. The van der Waals surface area contributed by atoms with Crippen molar-refractivity contribution in [1.82, 2.24) is 0 Å². The van der Waals surface area contributed by atoms with Gasteiger partial charge in [0.15, 0.2) is 0 Å². The Morgan fingerprint density at radius 2 is 2.16 bits per heavy atom. The van der Waals surface area contributed by atoms with Crippen LogP contribution in [0.3, 0.4) is 0 Å². The van der Waals surface area contributed by atoms with Gasteiger partial charge in [-0.1, -0.05) is 24.2 Å². The maximum atomic E-state index is 13.0. The molecule has 100 valence electrons. The molecule has 1 atom stereocenters. The second kappa shape index (κ2) is 6.51. The summed E-state index contributed by atoms with van der Waals surface area (Å²) in [6.45, 7) is 0.0912. The van der Waals surface area contributed by atoms with Gasteiger partial charge in [-0.2, -0.15) is 0 Å². The zero-order valence-electron chi connectivity index (χ0n) is 10.2. The van der Waals surface area contributed by atoms with Gasteiger partial charge in [-0.05, 0) is 31.0 Å². The second-order valence-corrected chi connectivity index (χ2v) is 6.50. The van der Waals surface area contributed by atoms with E-state index in [2.05, 4.69) is 10.7 Å². The van der Waals surface area contributed by atoms with Crippen molar-refractivity contribution in [2.24, 2.45) is 0 Å². The third-order valence-electron chi connectivity index (χ3n) is 3.30. The summed E-state index contributed by atoms with van der Waals surface area (Å²) in [5.74, 6) is 1.76. The fraction of sp³-hybridized carbons (Fsp3) is 0.417. The number of hydrogen-bond acceptors (Lipinski definition) is 3. The number of hydrogen-bond donors (Lipinski definition) is 1. The van der Waals surface area contributed by atoms with E-state index in [0.717, 1.165) is 25.5 Å². The minimum absolute atomic E-state index is 0.00943. The summed E-state index contributed by atoms with van der Waals surface area (Å²) in [6, 6.07) is 4.18. The lowest BCUT2D eigenvalue weighted by molar-refractivity contribution is 0.571. The highest BCUT2D eigenvalue weighted by Gasteiger charge is 2.32. The van der Waals surface area contributed by atoms with E-state index < -0.39 is 17.2 Å². The van der Waals surface area contributed by atoms with Crippen LogP contribution < -0.4 is 4.72 Å². The Labute approximate surface area is 120 Å². The van der Waals surface area contributed by atoms with Crippen LogP contribution in [0.5, 0.6) is 0 Å². The summed E-state index contributed by atoms with van der Waals surface area (Å²) < 4.78 is 28.0. The van der Waals surface area contributed by atoms with Gasteiger partial charge in [0.2, 0.25) is 0 Å². The molecule has 19 heavy (non-hydrogen) atoms. The average molecular weight is 299 g/mol. The summed E-state index contributed by atoms with van der Waals surface area (Å²) in [5, 5.41) is 8.86. The smallest absolute Gasteiger partial charge is 0.268 e. The first-order valence-corrected chi connectivity index (χ1v) is 7.71. The molecule has 0 aliphatic carbocycles. The van der Waals surface area contributed by atoms with Gasteiger partial charge < -0.3 is 4.55 Å². The minimum atomic E-state index is -1.23. The lowest BCUT2D eigenvalue weighted by Crippen LogP contribution is -2.33. The van der Waals surface area contributed by atoms with Gasteiger partial charge in [-0.25, -0.2) is 14.4 Å². The molecule has 1 aromatic rings. The van der Waals surface area contributed by atoms with Crippen LogP contribution in [0.15, 0.2) is 18.2 Å². The first-order chi connectivity index (χ1) is 9.10. The molecule has 1 saturated heterocycles. The van der Waals surface area contributed by atoms with Crippen LogP contribution in [0.2, 0.25) is 17.7 Å². The highest BCUT2D eigenvalue weighted by Crippen LogP contribution is 2.27. The highest BCUT2D eigenvalue weighted by atomic mass is 35.5. The van der Waals surface area contributed by atoms with Crippen molar-refractivity contribution in [3.63, 3.8) is 0 Å². The van der Waals surface area contributed by atoms with E-state index in [1.54, 1.807) is 0 Å². The molecule has 1 N–H and O–H groups in total. The van der Waals surface area contributed by atoms with E-state index in [-0.39, 0.29) is 17.0 Å². The molecule has 2 rings (SSSR count). The lowest BCUT2D eigenvalue weighted by Gasteiger charge is -2.25. The van der Waals surface area contributed by atoms with Crippen LogP contribution in [0.1, 0.15) is 12.8 Å². The van der Waals surface area contributed by atoms with Crippen LogP contribution in [0.25, 0.3) is 0 Å². The van der Waals surface area contributed by atoms with Crippen molar-refractivity contribution < 1.29 is 8.94 Å². The quantitative estimate of drug-likeness (QED) is 0.688. The first kappa shape index (κ1) is 14.5. The Morgan fingerprint density at radius 3 is 2.74 bits per heavy atom. The van der Waals surface area contributed by atoms with Crippen LogP contribution in [0.4, 0.5) is 10.1 Å². The van der Waals surface area contributed by atoms with E-state index in [9.17, 15) is 8.94 Å². The monoisotopic (exact) mass is 298 g/mol. The Kier molecular flexibility index (Phi) is 4.97. The van der Waals surface area contributed by atoms with Crippen LogP contribution in [0, 0.1) is 17.0 Å². The van der Waals surface area contributed by atoms with E-state index in [1.807, 2.05) is 0 Å². The number of nitriles is 1. The van der Waals surface area contributed by atoms with Gasteiger partial charge in [0.25, 0.3) is 6.71 Å². The van der Waals surface area contributed by atoms with Crippen molar-refractivity contribution >= 4 is 35.4 Å². The standard InChI is InChI=1S/C12H13BClFN2OS/c14-11-7-9(1-2-12(11)15)17-19(18)10-3-5-13(8-16)6-4-10/h1-2,7,10,17H,3-6H2. The molecule has 1 fully saturated rings. The largest absolute Gasteiger partial charge is 0.593 e. The molecule has 0 aromatic heterocycles. The molecule has 0 bridgehead atoms. The van der Waals surface area contributed by atoms with Gasteiger partial charge in [-0.3, -0.25) is 0 Å². The molecular formula is C12H13BClFN2OS. The third-order valence-corrected chi connectivity index (χ3v) is 5.10. The van der Waals surface area contributed by atoms with E-state index in [0.29, 0.717) is 5.69 Å². The number of nitrogens with one attached hydrogen (secondary N) is 1. The van der Waals surface area contributed by atoms with Crippen molar-refractivity contribution in [3.8, 4) is 5.97 Å². The molecular weight excluding hydrogens is 285 g/mol. The molecule has 0 radical (unpaired) electrons. The summed E-state index contributed by atoms with van der Waals surface area (Å²) in [5.41, 5.74) is 0.548. The zero-order chi connectivity index (χ0) is 13.8. The van der Waals surface area contributed by atoms with E-state index >= 15 is 0 Å². The van der Waals surface area contributed by atoms with E-state index in [4.69, 9.17) is 16.9 Å². The van der Waals surface area contributed by atoms with Gasteiger partial charge in [0, 0.05) is 5.97 Å².